The molecule has 0 saturated carbocycles. The Morgan fingerprint density at radius 3 is 2.69 bits per heavy atom. The van der Waals surface area contributed by atoms with E-state index in [9.17, 15) is 8.42 Å². The van der Waals surface area contributed by atoms with Gasteiger partial charge in [0.25, 0.3) is 10.2 Å². The van der Waals surface area contributed by atoms with Gasteiger partial charge in [-0.3, -0.25) is 9.67 Å². The van der Waals surface area contributed by atoms with Crippen molar-refractivity contribution < 1.29 is 8.42 Å². The van der Waals surface area contributed by atoms with Crippen LogP contribution in [0.1, 0.15) is 44.3 Å². The van der Waals surface area contributed by atoms with E-state index in [2.05, 4.69) is 18.9 Å². The molecule has 0 spiro atoms. The molecule has 2 aromatic rings. The van der Waals surface area contributed by atoms with Crippen molar-refractivity contribution in [3.63, 3.8) is 0 Å². The smallest absolute Gasteiger partial charge is 0.261 e. The number of piperidine rings is 1. The molecule has 1 unspecified atom stereocenters. The van der Waals surface area contributed by atoms with Crippen LogP contribution in [0.3, 0.4) is 0 Å². The molecule has 0 aromatic carbocycles. The van der Waals surface area contributed by atoms with Gasteiger partial charge in [0, 0.05) is 51.0 Å². The molecule has 0 bridgehead atoms. The normalized spacial score (nSPS) is 19.4. The standard InChI is InChI=1S/C18H27N5O2S/c1-14(2)23-18(10-11-19-23)17-9-5-8-16(20-17)15-7-6-12-22(13-15)26(24,25)21(3)4/h5,8-11,14-15H,6-7,12-13H2,1-4H3. The van der Waals surface area contributed by atoms with Crippen molar-refractivity contribution in [1.82, 2.24) is 23.4 Å². The molecule has 1 aliphatic heterocycles. The summed E-state index contributed by atoms with van der Waals surface area (Å²) in [7, 11) is -0.239. The van der Waals surface area contributed by atoms with Crippen molar-refractivity contribution in [2.75, 3.05) is 27.2 Å². The zero-order valence-electron chi connectivity index (χ0n) is 15.8. The van der Waals surface area contributed by atoms with Crippen molar-refractivity contribution >= 4 is 10.2 Å². The molecule has 1 aliphatic rings. The van der Waals surface area contributed by atoms with Crippen molar-refractivity contribution in [3.8, 4) is 11.4 Å². The molecule has 3 heterocycles. The quantitative estimate of drug-likeness (QED) is 0.803. The van der Waals surface area contributed by atoms with Crippen LogP contribution >= 0.6 is 0 Å². The van der Waals surface area contributed by atoms with Crippen LogP contribution in [-0.2, 0) is 10.2 Å². The number of hydrogen-bond acceptors (Lipinski definition) is 4. The molecule has 1 atom stereocenters. The van der Waals surface area contributed by atoms with E-state index in [1.54, 1.807) is 24.6 Å². The highest BCUT2D eigenvalue weighted by atomic mass is 32.2. The minimum Gasteiger partial charge on any atom is -0.261 e. The Labute approximate surface area is 155 Å². The first-order valence-corrected chi connectivity index (χ1v) is 10.4. The summed E-state index contributed by atoms with van der Waals surface area (Å²) >= 11 is 0. The fraction of sp³-hybridized carbons (Fsp3) is 0.556. The van der Waals surface area contributed by atoms with E-state index in [0.717, 1.165) is 29.9 Å². The zero-order valence-corrected chi connectivity index (χ0v) is 16.6. The Balaban J connectivity index is 1.87. The van der Waals surface area contributed by atoms with E-state index in [1.807, 2.05) is 28.9 Å². The number of hydrogen-bond donors (Lipinski definition) is 0. The summed E-state index contributed by atoms with van der Waals surface area (Å²) in [4.78, 5) is 4.85. The van der Waals surface area contributed by atoms with Gasteiger partial charge in [-0.1, -0.05) is 6.07 Å². The largest absolute Gasteiger partial charge is 0.281 e. The SMILES string of the molecule is CC(C)n1nccc1-c1cccc(C2CCCN(S(=O)(=O)N(C)C)C2)n1. The van der Waals surface area contributed by atoms with Gasteiger partial charge in [0.15, 0.2) is 0 Å². The number of pyridine rings is 1. The van der Waals surface area contributed by atoms with Crippen LogP contribution < -0.4 is 0 Å². The Morgan fingerprint density at radius 2 is 2.00 bits per heavy atom. The third-order valence-electron chi connectivity index (χ3n) is 4.78. The summed E-state index contributed by atoms with van der Waals surface area (Å²) in [6.45, 7) is 5.22. The maximum atomic E-state index is 12.5. The summed E-state index contributed by atoms with van der Waals surface area (Å²) < 4.78 is 29.7. The lowest BCUT2D eigenvalue weighted by Gasteiger charge is -2.33. The molecule has 3 rings (SSSR count). The van der Waals surface area contributed by atoms with E-state index in [1.165, 1.54) is 4.31 Å². The number of aromatic nitrogens is 3. The fourth-order valence-corrected chi connectivity index (χ4v) is 4.56. The molecule has 0 amide bonds. The van der Waals surface area contributed by atoms with Crippen molar-refractivity contribution in [3.05, 3.63) is 36.2 Å². The molecule has 142 valence electrons. The molecule has 0 radical (unpaired) electrons. The number of rotatable bonds is 5. The lowest BCUT2D eigenvalue weighted by Crippen LogP contribution is -2.45. The highest BCUT2D eigenvalue weighted by Gasteiger charge is 2.31. The van der Waals surface area contributed by atoms with E-state index in [0.29, 0.717) is 13.1 Å². The maximum Gasteiger partial charge on any atom is 0.281 e. The van der Waals surface area contributed by atoms with Crippen LogP contribution in [0, 0.1) is 0 Å². The molecule has 0 N–H and O–H groups in total. The van der Waals surface area contributed by atoms with Gasteiger partial charge < -0.3 is 0 Å². The van der Waals surface area contributed by atoms with Gasteiger partial charge in [-0.2, -0.15) is 22.1 Å². The third-order valence-corrected chi connectivity index (χ3v) is 6.69. The monoisotopic (exact) mass is 377 g/mol. The minimum atomic E-state index is -3.39. The molecule has 7 nitrogen and oxygen atoms in total. The van der Waals surface area contributed by atoms with Crippen molar-refractivity contribution in [2.24, 2.45) is 0 Å². The molecule has 1 fully saturated rings. The van der Waals surface area contributed by atoms with Crippen molar-refractivity contribution in [1.29, 1.82) is 0 Å². The van der Waals surface area contributed by atoms with Gasteiger partial charge >= 0.3 is 0 Å². The maximum absolute atomic E-state index is 12.5. The Hall–Kier alpha value is -1.77. The number of nitrogens with zero attached hydrogens (tertiary/aromatic N) is 5. The van der Waals surface area contributed by atoms with E-state index in [4.69, 9.17) is 4.98 Å². The molecule has 2 aromatic heterocycles. The molecule has 8 heteroatoms. The molecule has 1 saturated heterocycles. The van der Waals surface area contributed by atoms with Gasteiger partial charge in [0.1, 0.15) is 0 Å². The summed E-state index contributed by atoms with van der Waals surface area (Å²) in [6.07, 6.45) is 3.57. The first-order valence-electron chi connectivity index (χ1n) is 8.99. The third kappa shape index (κ3) is 3.67. The highest BCUT2D eigenvalue weighted by molar-refractivity contribution is 7.86. The average Bonchev–Trinajstić information content (AvgIpc) is 3.12. The second kappa shape index (κ2) is 7.46. The minimum absolute atomic E-state index is 0.105. The second-order valence-electron chi connectivity index (χ2n) is 7.19. The topological polar surface area (TPSA) is 71.3 Å². The first-order chi connectivity index (χ1) is 12.3. The lowest BCUT2D eigenvalue weighted by molar-refractivity contribution is 0.296. The van der Waals surface area contributed by atoms with Crippen LogP contribution in [0.15, 0.2) is 30.5 Å². The lowest BCUT2D eigenvalue weighted by atomic mass is 9.95. The second-order valence-corrected chi connectivity index (χ2v) is 9.33. The van der Waals surface area contributed by atoms with Crippen LogP contribution in [0.25, 0.3) is 11.4 Å². The van der Waals surface area contributed by atoms with Crippen LogP contribution in [0.5, 0.6) is 0 Å². The van der Waals surface area contributed by atoms with E-state index >= 15 is 0 Å². The predicted octanol–water partition coefficient (Wildman–Crippen LogP) is 2.51. The van der Waals surface area contributed by atoms with Gasteiger partial charge in [-0.15, -0.1) is 0 Å². The summed E-state index contributed by atoms with van der Waals surface area (Å²) in [5, 5.41) is 4.38. The fourth-order valence-electron chi connectivity index (χ4n) is 3.37. The van der Waals surface area contributed by atoms with E-state index < -0.39 is 10.2 Å². The van der Waals surface area contributed by atoms with Crippen LogP contribution in [-0.4, -0.2) is 59.0 Å². The summed E-state index contributed by atoms with van der Waals surface area (Å²) in [5.74, 6) is 0.105. The molecular formula is C18H27N5O2S. The van der Waals surface area contributed by atoms with Crippen LogP contribution in [0.2, 0.25) is 0 Å². The van der Waals surface area contributed by atoms with Crippen LogP contribution in [0.4, 0.5) is 0 Å². The van der Waals surface area contributed by atoms with Gasteiger partial charge in [0.05, 0.1) is 11.4 Å². The summed E-state index contributed by atoms with van der Waals surface area (Å²) in [6, 6.07) is 8.19. The Kier molecular flexibility index (Phi) is 5.45. The van der Waals surface area contributed by atoms with Gasteiger partial charge in [-0.05, 0) is 44.9 Å². The molecule has 26 heavy (non-hydrogen) atoms. The van der Waals surface area contributed by atoms with Crippen molar-refractivity contribution in [2.45, 2.75) is 38.6 Å². The highest BCUT2D eigenvalue weighted by Crippen LogP contribution is 2.29. The predicted molar refractivity (Wildman–Crippen MR) is 102 cm³/mol. The Bertz CT molecular complexity index is 860. The summed E-state index contributed by atoms with van der Waals surface area (Å²) in [5.41, 5.74) is 2.80. The Morgan fingerprint density at radius 1 is 1.23 bits per heavy atom. The van der Waals surface area contributed by atoms with Gasteiger partial charge in [0.2, 0.25) is 0 Å². The molecular weight excluding hydrogens is 350 g/mol. The zero-order chi connectivity index (χ0) is 18.9. The first kappa shape index (κ1) is 19.0. The van der Waals surface area contributed by atoms with E-state index in [-0.39, 0.29) is 12.0 Å². The van der Waals surface area contributed by atoms with Gasteiger partial charge in [-0.25, -0.2) is 0 Å². The average molecular weight is 378 g/mol. The molecule has 0 aliphatic carbocycles.